The first-order valence-corrected chi connectivity index (χ1v) is 10.7. The maximum absolute atomic E-state index is 13.7. The monoisotopic (exact) mass is 470 g/mol. The summed E-state index contributed by atoms with van der Waals surface area (Å²) in [6.07, 6.45) is 1.05. The van der Waals surface area contributed by atoms with Crippen LogP contribution >= 0.6 is 0 Å². The lowest BCUT2D eigenvalue weighted by atomic mass is 9.57. The standard InChI is InChI=1S/C24H26N2O8/c1-9(8-27)11-4-5-14(28)16-12(11)6-10-7-13-18(26(2)3)20(30)17(23(25)33)22(32)24(13,34)21(31)15(10)19(16)29/h4-5,8,10,13,18,27-29,32,34H,6-7H2,1-3H3,(H2,25,33)/b9-8-/t10-,13-,18-,24-/m0/s1. The topological polar surface area (TPSA) is 182 Å². The zero-order valence-electron chi connectivity index (χ0n) is 18.9. The molecule has 180 valence electrons. The lowest BCUT2D eigenvalue weighted by molar-refractivity contribution is -0.153. The lowest BCUT2D eigenvalue weighted by Gasteiger charge is -2.50. The van der Waals surface area contributed by atoms with Crippen molar-refractivity contribution in [1.82, 2.24) is 4.90 Å². The molecule has 0 heterocycles. The van der Waals surface area contributed by atoms with Crippen molar-refractivity contribution >= 4 is 28.8 Å². The number of carbonyl (C=O) groups is 3. The number of ketones is 2. The molecule has 10 nitrogen and oxygen atoms in total. The van der Waals surface area contributed by atoms with E-state index in [0.717, 1.165) is 6.26 Å². The van der Waals surface area contributed by atoms with E-state index in [2.05, 4.69) is 0 Å². The summed E-state index contributed by atoms with van der Waals surface area (Å²) in [5.74, 6) is -6.96. The number of benzene rings is 1. The Hall–Kier alpha value is -3.63. The average Bonchev–Trinajstić information content (AvgIpc) is 2.75. The normalized spacial score (nSPS) is 29.2. The van der Waals surface area contributed by atoms with Gasteiger partial charge in [-0.15, -0.1) is 0 Å². The molecule has 1 aromatic carbocycles. The van der Waals surface area contributed by atoms with Gasteiger partial charge in [-0.3, -0.25) is 19.3 Å². The summed E-state index contributed by atoms with van der Waals surface area (Å²) in [6.45, 7) is 1.64. The first kappa shape index (κ1) is 23.5. The molecule has 0 aliphatic heterocycles. The molecule has 1 fully saturated rings. The van der Waals surface area contributed by atoms with Crippen molar-refractivity contribution in [3.8, 4) is 5.75 Å². The van der Waals surface area contributed by atoms with Gasteiger partial charge in [0.15, 0.2) is 11.4 Å². The molecule has 1 aromatic rings. The van der Waals surface area contributed by atoms with E-state index in [0.29, 0.717) is 16.7 Å². The number of hydrogen-bond acceptors (Lipinski definition) is 9. The molecule has 0 aromatic heterocycles. The second-order valence-electron chi connectivity index (χ2n) is 9.26. The molecule has 0 spiro atoms. The number of Topliss-reactive ketones (excluding diaryl/α,β-unsaturated/α-hetero) is 2. The number of fused-ring (bicyclic) bond motifs is 3. The van der Waals surface area contributed by atoms with Gasteiger partial charge in [-0.2, -0.15) is 0 Å². The molecule has 34 heavy (non-hydrogen) atoms. The first-order valence-electron chi connectivity index (χ1n) is 10.7. The zero-order chi connectivity index (χ0) is 25.3. The summed E-state index contributed by atoms with van der Waals surface area (Å²) in [5.41, 5.74) is 3.06. The van der Waals surface area contributed by atoms with Crippen molar-refractivity contribution in [2.45, 2.75) is 31.4 Å². The number of aliphatic hydroxyl groups is 4. The van der Waals surface area contributed by atoms with Crippen molar-refractivity contribution in [2.24, 2.45) is 17.6 Å². The van der Waals surface area contributed by atoms with Crippen molar-refractivity contribution in [2.75, 3.05) is 14.1 Å². The average molecular weight is 470 g/mol. The minimum Gasteiger partial charge on any atom is -0.515 e. The number of allylic oxidation sites excluding steroid dienone is 1. The maximum atomic E-state index is 13.7. The fourth-order valence-electron chi connectivity index (χ4n) is 5.68. The number of nitrogens with two attached hydrogens (primary N) is 1. The zero-order valence-corrected chi connectivity index (χ0v) is 18.9. The number of aromatic hydroxyl groups is 1. The highest BCUT2D eigenvalue weighted by Crippen LogP contribution is 2.53. The van der Waals surface area contributed by atoms with Crippen LogP contribution in [0.2, 0.25) is 0 Å². The van der Waals surface area contributed by atoms with E-state index in [4.69, 9.17) is 5.73 Å². The van der Waals surface area contributed by atoms with Crippen molar-refractivity contribution in [1.29, 1.82) is 0 Å². The molecule has 3 aliphatic carbocycles. The number of phenolic OH excluding ortho intramolecular Hbond substituents is 1. The third-order valence-electron chi connectivity index (χ3n) is 7.22. The van der Waals surface area contributed by atoms with E-state index >= 15 is 0 Å². The molecule has 0 unspecified atom stereocenters. The molecule has 0 radical (unpaired) electrons. The van der Waals surface area contributed by atoms with E-state index in [1.54, 1.807) is 27.1 Å². The van der Waals surface area contributed by atoms with Gasteiger partial charge in [0.25, 0.3) is 5.91 Å². The number of nitrogens with zero attached hydrogens (tertiary/aromatic N) is 1. The van der Waals surface area contributed by atoms with Crippen LogP contribution in [0, 0.1) is 11.8 Å². The minimum absolute atomic E-state index is 0.00272. The minimum atomic E-state index is -2.67. The molecule has 3 aliphatic rings. The van der Waals surface area contributed by atoms with Gasteiger partial charge in [-0.1, -0.05) is 6.07 Å². The maximum Gasteiger partial charge on any atom is 0.255 e. The van der Waals surface area contributed by atoms with E-state index in [-0.39, 0.29) is 29.7 Å². The number of aliphatic hydroxyl groups excluding tert-OH is 3. The van der Waals surface area contributed by atoms with Crippen LogP contribution in [0.1, 0.15) is 30.0 Å². The highest BCUT2D eigenvalue weighted by Gasteiger charge is 2.64. The molecule has 7 N–H and O–H groups in total. The Balaban J connectivity index is 2.00. The van der Waals surface area contributed by atoms with E-state index in [1.807, 2.05) is 0 Å². The van der Waals surface area contributed by atoms with Crippen LogP contribution in [0.15, 0.2) is 35.3 Å². The Morgan fingerprint density at radius 2 is 1.85 bits per heavy atom. The second-order valence-corrected chi connectivity index (χ2v) is 9.26. The largest absolute Gasteiger partial charge is 0.515 e. The highest BCUT2D eigenvalue weighted by atomic mass is 16.3. The molecule has 1 amide bonds. The van der Waals surface area contributed by atoms with Gasteiger partial charge in [0.05, 0.1) is 17.9 Å². The number of amides is 1. The summed E-state index contributed by atoms with van der Waals surface area (Å²) >= 11 is 0. The predicted octanol–water partition coefficient (Wildman–Crippen LogP) is 0.883. The predicted molar refractivity (Wildman–Crippen MR) is 121 cm³/mol. The number of carbonyl (C=O) groups excluding carboxylic acids is 3. The molecule has 1 saturated carbocycles. The van der Waals surface area contributed by atoms with Gasteiger partial charge in [-0.25, -0.2) is 0 Å². The van der Waals surface area contributed by atoms with Gasteiger partial charge >= 0.3 is 0 Å². The molecule has 4 rings (SSSR count). The third-order valence-corrected chi connectivity index (χ3v) is 7.22. The molecular weight excluding hydrogens is 444 g/mol. The summed E-state index contributed by atoms with van der Waals surface area (Å²) in [6, 6.07) is 1.75. The van der Waals surface area contributed by atoms with E-state index in [9.17, 15) is 39.9 Å². The number of likely N-dealkylation sites (N-methyl/N-ethyl adjacent to an activating group) is 1. The van der Waals surface area contributed by atoms with Gasteiger partial charge in [0.2, 0.25) is 5.78 Å². The summed E-state index contributed by atoms with van der Waals surface area (Å²) < 4.78 is 0. The van der Waals surface area contributed by atoms with Crippen LogP contribution in [-0.4, -0.2) is 73.6 Å². The smallest absolute Gasteiger partial charge is 0.255 e. The second kappa shape index (κ2) is 7.71. The van der Waals surface area contributed by atoms with Gasteiger partial charge in [0, 0.05) is 11.5 Å². The number of hydrogen-bond donors (Lipinski definition) is 6. The van der Waals surface area contributed by atoms with Gasteiger partial charge in [-0.05, 0) is 62.5 Å². The van der Waals surface area contributed by atoms with Crippen LogP contribution in [0.4, 0.5) is 0 Å². The Labute approximate surface area is 194 Å². The number of rotatable bonds is 3. The van der Waals surface area contributed by atoms with Crippen LogP contribution in [0.25, 0.3) is 11.3 Å². The van der Waals surface area contributed by atoms with Crippen LogP contribution in [0.5, 0.6) is 5.75 Å². The number of primary amides is 1. The van der Waals surface area contributed by atoms with Crippen LogP contribution in [-0.2, 0) is 20.8 Å². The van der Waals surface area contributed by atoms with Crippen LogP contribution < -0.4 is 5.73 Å². The van der Waals surface area contributed by atoms with E-state index < -0.39 is 58.0 Å². The van der Waals surface area contributed by atoms with Crippen molar-refractivity contribution in [3.05, 3.63) is 52.0 Å². The Morgan fingerprint density at radius 1 is 1.21 bits per heavy atom. The lowest BCUT2D eigenvalue weighted by Crippen LogP contribution is -2.65. The summed E-state index contributed by atoms with van der Waals surface area (Å²) in [4.78, 5) is 40.2. The quantitative estimate of drug-likeness (QED) is 0.276. The molecule has 10 heteroatoms. The SMILES string of the molecule is C/C(=C/O)c1ccc(O)c2c1C[C@H]1C[C@H]3[C@H](N(C)C)C(=O)C(C(N)=O)=C(O)[C@@]3(O)C(=O)C1=C2O. The fraction of sp³-hybridized carbons (Fsp3) is 0.375. The van der Waals surface area contributed by atoms with Gasteiger partial charge in [0.1, 0.15) is 22.8 Å². The van der Waals surface area contributed by atoms with Crippen molar-refractivity contribution < 1.29 is 39.9 Å². The molecular formula is C24H26N2O8. The van der Waals surface area contributed by atoms with Crippen molar-refractivity contribution in [3.63, 3.8) is 0 Å². The molecule has 0 saturated heterocycles. The van der Waals surface area contributed by atoms with Crippen LogP contribution in [0.3, 0.4) is 0 Å². The summed E-state index contributed by atoms with van der Waals surface area (Å²) in [7, 11) is 3.08. The molecule has 4 atom stereocenters. The molecule has 0 bridgehead atoms. The Morgan fingerprint density at radius 3 is 2.41 bits per heavy atom. The highest BCUT2D eigenvalue weighted by molar-refractivity contribution is 6.24. The number of phenols is 1. The van der Waals surface area contributed by atoms with E-state index in [1.165, 1.54) is 11.0 Å². The van der Waals surface area contributed by atoms with Gasteiger partial charge < -0.3 is 31.3 Å². The Bertz CT molecular complexity index is 1240. The summed E-state index contributed by atoms with van der Waals surface area (Å²) in [5, 5.41) is 53.4. The fourth-order valence-corrected chi connectivity index (χ4v) is 5.68. The third kappa shape index (κ3) is 2.92. The first-order chi connectivity index (χ1) is 15.9. The Kier molecular flexibility index (Phi) is 5.34.